The van der Waals surface area contributed by atoms with E-state index in [0.29, 0.717) is 11.3 Å². The third-order valence-corrected chi connectivity index (χ3v) is 6.22. The van der Waals surface area contributed by atoms with Crippen LogP contribution in [0.2, 0.25) is 0 Å². The van der Waals surface area contributed by atoms with E-state index in [1.807, 2.05) is 13.8 Å². The summed E-state index contributed by atoms with van der Waals surface area (Å²) in [5.74, 6) is 0.412. The third-order valence-electron chi connectivity index (χ3n) is 6.22. The highest BCUT2D eigenvalue weighted by Gasteiger charge is 2.65. The number of fused-ring (bicyclic) bond motifs is 2. The molecule has 0 heterocycles. The minimum Gasteiger partial charge on any atom is -0.481 e. The Bertz CT molecular complexity index is 330. The average molecular weight is 224 g/mol. The Morgan fingerprint density at radius 1 is 1.31 bits per heavy atom. The second-order valence-electron chi connectivity index (χ2n) is 7.19. The maximum atomic E-state index is 11.4. The van der Waals surface area contributed by atoms with E-state index in [2.05, 4.69) is 20.8 Å². The minimum absolute atomic E-state index is 0.208. The van der Waals surface area contributed by atoms with Gasteiger partial charge in [-0.2, -0.15) is 0 Å². The summed E-state index contributed by atoms with van der Waals surface area (Å²) in [7, 11) is 0. The summed E-state index contributed by atoms with van der Waals surface area (Å²) < 4.78 is 0. The summed E-state index contributed by atoms with van der Waals surface area (Å²) in [6.45, 7) is 10.8. The summed E-state index contributed by atoms with van der Waals surface area (Å²) in [5.41, 5.74) is -0.0644. The van der Waals surface area contributed by atoms with Crippen LogP contribution in [0.4, 0.5) is 0 Å². The monoisotopic (exact) mass is 224 g/mol. The molecule has 0 aliphatic heterocycles. The van der Waals surface area contributed by atoms with Crippen molar-refractivity contribution in [2.45, 2.75) is 53.9 Å². The lowest BCUT2D eigenvalue weighted by Crippen LogP contribution is -2.43. The normalized spacial score (nSPS) is 41.3. The van der Waals surface area contributed by atoms with Gasteiger partial charge in [-0.25, -0.2) is 0 Å². The summed E-state index contributed by atoms with van der Waals surface area (Å²) in [6.07, 6.45) is 3.59. The van der Waals surface area contributed by atoms with Gasteiger partial charge in [-0.3, -0.25) is 4.79 Å². The van der Waals surface area contributed by atoms with Crippen LogP contribution < -0.4 is 0 Å². The third kappa shape index (κ3) is 1.16. The van der Waals surface area contributed by atoms with E-state index in [-0.39, 0.29) is 5.41 Å². The highest BCUT2D eigenvalue weighted by atomic mass is 16.4. The van der Waals surface area contributed by atoms with Gasteiger partial charge in [0.25, 0.3) is 0 Å². The number of hydrogen-bond donors (Lipinski definition) is 1. The van der Waals surface area contributed by atoms with Gasteiger partial charge < -0.3 is 5.11 Å². The van der Waals surface area contributed by atoms with Crippen LogP contribution in [-0.2, 0) is 4.79 Å². The molecule has 2 aliphatic rings. The molecule has 2 saturated carbocycles. The summed E-state index contributed by atoms with van der Waals surface area (Å²) >= 11 is 0. The van der Waals surface area contributed by atoms with Crippen molar-refractivity contribution >= 4 is 5.97 Å². The molecule has 0 aromatic carbocycles. The van der Waals surface area contributed by atoms with Crippen LogP contribution in [0.25, 0.3) is 0 Å². The maximum absolute atomic E-state index is 11.4. The molecule has 16 heavy (non-hydrogen) atoms. The molecule has 2 fully saturated rings. The van der Waals surface area contributed by atoms with E-state index in [1.165, 1.54) is 12.8 Å². The Morgan fingerprint density at radius 2 is 1.88 bits per heavy atom. The number of aliphatic carboxylic acids is 1. The largest absolute Gasteiger partial charge is 0.481 e. The zero-order valence-electron chi connectivity index (χ0n) is 11.1. The molecule has 2 rings (SSSR count). The van der Waals surface area contributed by atoms with Gasteiger partial charge in [0.05, 0.1) is 5.41 Å². The molecular formula is C14H24O2. The van der Waals surface area contributed by atoms with Crippen molar-refractivity contribution in [2.24, 2.45) is 28.1 Å². The second kappa shape index (κ2) is 3.02. The lowest BCUT2D eigenvalue weighted by molar-refractivity contribution is -0.154. The fourth-order valence-corrected chi connectivity index (χ4v) is 4.44. The Morgan fingerprint density at radius 3 is 2.19 bits per heavy atom. The van der Waals surface area contributed by atoms with E-state index < -0.39 is 11.4 Å². The SMILES string of the molecule is CC(C)(C(=O)O)[C@H]1C[C@@H]2CC[C@]1(C)C2(C)C. The highest BCUT2D eigenvalue weighted by molar-refractivity contribution is 5.74. The number of carbonyl (C=O) groups is 1. The first-order valence-electron chi connectivity index (χ1n) is 6.37. The molecule has 0 amide bonds. The van der Waals surface area contributed by atoms with Crippen LogP contribution in [0, 0.1) is 28.1 Å². The molecule has 1 N–H and O–H groups in total. The van der Waals surface area contributed by atoms with Crippen molar-refractivity contribution in [1.29, 1.82) is 0 Å². The first-order chi connectivity index (χ1) is 7.14. The Labute approximate surface area is 98.4 Å². The van der Waals surface area contributed by atoms with E-state index in [1.54, 1.807) is 0 Å². The first kappa shape index (κ1) is 11.9. The van der Waals surface area contributed by atoms with Gasteiger partial charge in [0.2, 0.25) is 0 Å². The zero-order valence-corrected chi connectivity index (χ0v) is 11.1. The van der Waals surface area contributed by atoms with Crippen molar-refractivity contribution in [1.82, 2.24) is 0 Å². The standard InChI is InChI=1S/C14H24O2/c1-12(2,11(15)16)10-8-9-6-7-14(10,5)13(9,3)4/h9-10H,6-8H2,1-5H3,(H,15,16)/t9-,10+,14-/m0/s1. The number of carboxylic acids is 1. The molecule has 2 nitrogen and oxygen atoms in total. The number of hydrogen-bond acceptors (Lipinski definition) is 1. The lowest BCUT2D eigenvalue weighted by Gasteiger charge is -2.44. The molecule has 0 radical (unpaired) electrons. The molecule has 0 aromatic rings. The smallest absolute Gasteiger partial charge is 0.309 e. The van der Waals surface area contributed by atoms with Crippen molar-refractivity contribution in [2.75, 3.05) is 0 Å². The summed E-state index contributed by atoms with van der Waals surface area (Å²) in [4.78, 5) is 11.4. The predicted octanol–water partition coefficient (Wildman–Crippen LogP) is 3.56. The fourth-order valence-electron chi connectivity index (χ4n) is 4.44. The van der Waals surface area contributed by atoms with Gasteiger partial charge in [-0.05, 0) is 55.8 Å². The molecule has 92 valence electrons. The predicted molar refractivity (Wildman–Crippen MR) is 64.1 cm³/mol. The molecule has 0 aromatic heterocycles. The topological polar surface area (TPSA) is 37.3 Å². The molecule has 0 spiro atoms. The summed E-state index contributed by atoms with van der Waals surface area (Å²) in [6, 6.07) is 0. The van der Waals surface area contributed by atoms with Gasteiger partial charge in [-0.15, -0.1) is 0 Å². The molecule has 2 aliphatic carbocycles. The van der Waals surface area contributed by atoms with Crippen LogP contribution in [-0.4, -0.2) is 11.1 Å². The molecule has 2 heteroatoms. The Hall–Kier alpha value is -0.530. The molecule has 2 bridgehead atoms. The van der Waals surface area contributed by atoms with Crippen LogP contribution in [0.15, 0.2) is 0 Å². The lowest BCUT2D eigenvalue weighted by atomic mass is 9.59. The van der Waals surface area contributed by atoms with Crippen molar-refractivity contribution in [3.05, 3.63) is 0 Å². The molecular weight excluding hydrogens is 200 g/mol. The van der Waals surface area contributed by atoms with Gasteiger partial charge in [0, 0.05) is 0 Å². The van der Waals surface area contributed by atoms with Crippen LogP contribution in [0.1, 0.15) is 53.9 Å². The van der Waals surface area contributed by atoms with Gasteiger partial charge in [0.15, 0.2) is 0 Å². The van der Waals surface area contributed by atoms with E-state index in [0.717, 1.165) is 12.3 Å². The molecule has 3 atom stereocenters. The first-order valence-corrected chi connectivity index (χ1v) is 6.37. The highest BCUT2D eigenvalue weighted by Crippen LogP contribution is 2.71. The number of carboxylic acid groups (broad SMARTS) is 1. The molecule has 0 unspecified atom stereocenters. The number of rotatable bonds is 2. The zero-order chi connectivity index (χ0) is 12.4. The maximum Gasteiger partial charge on any atom is 0.309 e. The van der Waals surface area contributed by atoms with Gasteiger partial charge in [0.1, 0.15) is 0 Å². The van der Waals surface area contributed by atoms with Crippen molar-refractivity contribution in [3.63, 3.8) is 0 Å². The van der Waals surface area contributed by atoms with Gasteiger partial charge >= 0.3 is 5.97 Å². The fraction of sp³-hybridized carbons (Fsp3) is 0.929. The minimum atomic E-state index is -0.637. The van der Waals surface area contributed by atoms with Crippen LogP contribution in [0.3, 0.4) is 0 Å². The van der Waals surface area contributed by atoms with E-state index in [4.69, 9.17) is 0 Å². The quantitative estimate of drug-likeness (QED) is 0.778. The van der Waals surface area contributed by atoms with E-state index in [9.17, 15) is 9.90 Å². The average Bonchev–Trinajstić information content (AvgIpc) is 2.48. The van der Waals surface area contributed by atoms with Crippen molar-refractivity contribution < 1.29 is 9.90 Å². The van der Waals surface area contributed by atoms with Crippen LogP contribution in [0.5, 0.6) is 0 Å². The Kier molecular flexibility index (Phi) is 2.26. The second-order valence-corrected chi connectivity index (χ2v) is 7.19. The van der Waals surface area contributed by atoms with E-state index >= 15 is 0 Å². The Balaban J connectivity index is 2.39. The van der Waals surface area contributed by atoms with Gasteiger partial charge in [-0.1, -0.05) is 20.8 Å². The van der Waals surface area contributed by atoms with Crippen molar-refractivity contribution in [3.8, 4) is 0 Å². The van der Waals surface area contributed by atoms with Crippen LogP contribution >= 0.6 is 0 Å². The summed E-state index contributed by atoms with van der Waals surface area (Å²) in [5, 5.41) is 9.41. The molecule has 0 saturated heterocycles.